The van der Waals surface area contributed by atoms with Gasteiger partial charge in [-0.15, -0.1) is 0 Å². The third-order valence-corrected chi connectivity index (χ3v) is 2.86. The smallest absolute Gasteiger partial charge is 0.223 e. The van der Waals surface area contributed by atoms with Gasteiger partial charge in [-0.25, -0.2) is 0 Å². The highest BCUT2D eigenvalue weighted by Crippen LogP contribution is 2.30. The fraction of sp³-hybridized carbons (Fsp3) is 0.917. The molecular formula is C12H25NO. The quantitative estimate of drug-likeness (QED) is 0.672. The van der Waals surface area contributed by atoms with E-state index < -0.39 is 0 Å². The van der Waals surface area contributed by atoms with E-state index in [1.165, 1.54) is 25.7 Å². The minimum atomic E-state index is -0.338. The molecule has 0 aliphatic rings. The molecule has 0 saturated heterocycles. The molecule has 0 aliphatic carbocycles. The summed E-state index contributed by atoms with van der Waals surface area (Å²) in [7, 11) is 0. The van der Waals surface area contributed by atoms with Crippen molar-refractivity contribution in [2.24, 2.45) is 17.1 Å². The molecule has 84 valence electrons. The minimum absolute atomic E-state index is 0.172. The van der Waals surface area contributed by atoms with E-state index in [9.17, 15) is 4.79 Å². The van der Waals surface area contributed by atoms with Crippen LogP contribution < -0.4 is 5.73 Å². The topological polar surface area (TPSA) is 43.1 Å². The Labute approximate surface area is 88.3 Å². The maximum absolute atomic E-state index is 11.2. The number of nitrogens with two attached hydrogens (primary N) is 1. The minimum Gasteiger partial charge on any atom is -0.369 e. The summed E-state index contributed by atoms with van der Waals surface area (Å²) in [4.78, 5) is 11.2. The van der Waals surface area contributed by atoms with Crippen molar-refractivity contribution in [3.63, 3.8) is 0 Å². The van der Waals surface area contributed by atoms with Gasteiger partial charge in [0.25, 0.3) is 0 Å². The zero-order valence-electron chi connectivity index (χ0n) is 10.1. The lowest BCUT2D eigenvalue weighted by atomic mass is 9.79. The second kappa shape index (κ2) is 6.05. The summed E-state index contributed by atoms with van der Waals surface area (Å²) in [5.74, 6) is 0.488. The number of carbonyl (C=O) groups excluding carboxylic acids is 1. The van der Waals surface area contributed by atoms with Gasteiger partial charge in [-0.2, -0.15) is 0 Å². The molecule has 0 atom stereocenters. The SMILES string of the molecule is CCCC(CCC)CC(C)(C)C(N)=O. The lowest BCUT2D eigenvalue weighted by Crippen LogP contribution is -2.33. The van der Waals surface area contributed by atoms with Crippen molar-refractivity contribution in [2.45, 2.75) is 59.8 Å². The largest absolute Gasteiger partial charge is 0.369 e. The first kappa shape index (κ1) is 13.5. The van der Waals surface area contributed by atoms with Crippen LogP contribution in [-0.2, 0) is 4.79 Å². The van der Waals surface area contributed by atoms with E-state index in [1.54, 1.807) is 0 Å². The molecule has 2 nitrogen and oxygen atoms in total. The first-order valence-corrected chi connectivity index (χ1v) is 5.74. The van der Waals surface area contributed by atoms with E-state index in [0.29, 0.717) is 5.92 Å². The summed E-state index contributed by atoms with van der Waals surface area (Å²) in [6.07, 6.45) is 5.75. The van der Waals surface area contributed by atoms with Crippen LogP contribution in [0.15, 0.2) is 0 Å². The lowest BCUT2D eigenvalue weighted by molar-refractivity contribution is -0.126. The van der Waals surface area contributed by atoms with Crippen LogP contribution in [0.25, 0.3) is 0 Å². The molecule has 0 unspecified atom stereocenters. The first-order valence-electron chi connectivity index (χ1n) is 5.74. The van der Waals surface area contributed by atoms with E-state index in [1.807, 2.05) is 13.8 Å². The molecule has 0 aromatic heterocycles. The molecule has 1 amide bonds. The Morgan fingerprint density at radius 1 is 1.21 bits per heavy atom. The number of hydrogen-bond donors (Lipinski definition) is 1. The molecule has 0 saturated carbocycles. The maximum atomic E-state index is 11.2. The molecule has 0 fully saturated rings. The van der Waals surface area contributed by atoms with Gasteiger partial charge in [0.15, 0.2) is 0 Å². The van der Waals surface area contributed by atoms with Gasteiger partial charge in [-0.1, -0.05) is 53.4 Å². The van der Waals surface area contributed by atoms with Gasteiger partial charge >= 0.3 is 0 Å². The van der Waals surface area contributed by atoms with Gasteiger partial charge in [0, 0.05) is 5.41 Å². The zero-order valence-corrected chi connectivity index (χ0v) is 10.1. The molecule has 2 N–H and O–H groups in total. The van der Waals surface area contributed by atoms with E-state index in [2.05, 4.69) is 13.8 Å². The predicted octanol–water partition coefficient (Wildman–Crippen LogP) is 3.10. The normalized spacial score (nSPS) is 12.1. The Hall–Kier alpha value is -0.530. The Kier molecular flexibility index (Phi) is 5.82. The second-order valence-corrected chi connectivity index (χ2v) is 4.90. The molecule has 0 aromatic rings. The lowest BCUT2D eigenvalue weighted by Gasteiger charge is -2.26. The molecule has 0 bridgehead atoms. The zero-order chi connectivity index (χ0) is 11.2. The molecule has 0 radical (unpaired) electrons. The number of rotatable bonds is 7. The van der Waals surface area contributed by atoms with E-state index in [4.69, 9.17) is 5.73 Å². The summed E-state index contributed by atoms with van der Waals surface area (Å²) < 4.78 is 0. The highest BCUT2D eigenvalue weighted by Gasteiger charge is 2.27. The van der Waals surface area contributed by atoms with Gasteiger partial charge in [0.05, 0.1) is 0 Å². The number of carbonyl (C=O) groups is 1. The van der Waals surface area contributed by atoms with Crippen LogP contribution in [0.5, 0.6) is 0 Å². The summed E-state index contributed by atoms with van der Waals surface area (Å²) in [5.41, 5.74) is 5.03. The Balaban J connectivity index is 4.19. The van der Waals surface area contributed by atoms with Gasteiger partial charge in [-0.05, 0) is 12.3 Å². The Morgan fingerprint density at radius 3 is 1.93 bits per heavy atom. The highest BCUT2D eigenvalue weighted by molar-refractivity contribution is 5.79. The second-order valence-electron chi connectivity index (χ2n) is 4.90. The van der Waals surface area contributed by atoms with Crippen LogP contribution in [0.1, 0.15) is 59.8 Å². The van der Waals surface area contributed by atoms with Gasteiger partial charge in [-0.3, -0.25) is 4.79 Å². The fourth-order valence-electron chi connectivity index (χ4n) is 1.99. The molecule has 0 heterocycles. The summed E-state index contributed by atoms with van der Waals surface area (Å²) in [5, 5.41) is 0. The Morgan fingerprint density at radius 2 is 1.64 bits per heavy atom. The average Bonchev–Trinajstić information content (AvgIpc) is 2.04. The van der Waals surface area contributed by atoms with E-state index >= 15 is 0 Å². The molecule has 14 heavy (non-hydrogen) atoms. The van der Waals surface area contributed by atoms with Crippen molar-refractivity contribution >= 4 is 5.91 Å². The van der Waals surface area contributed by atoms with Crippen LogP contribution in [0.3, 0.4) is 0 Å². The molecule has 0 aromatic carbocycles. The maximum Gasteiger partial charge on any atom is 0.223 e. The number of amides is 1. The van der Waals surface area contributed by atoms with Crippen LogP contribution in [0, 0.1) is 11.3 Å². The van der Waals surface area contributed by atoms with Crippen molar-refractivity contribution in [1.82, 2.24) is 0 Å². The summed E-state index contributed by atoms with van der Waals surface area (Å²) in [6, 6.07) is 0. The molecular weight excluding hydrogens is 174 g/mol. The number of hydrogen-bond acceptors (Lipinski definition) is 1. The number of primary amides is 1. The third-order valence-electron chi connectivity index (χ3n) is 2.86. The van der Waals surface area contributed by atoms with Crippen LogP contribution >= 0.6 is 0 Å². The fourth-order valence-corrected chi connectivity index (χ4v) is 1.99. The highest BCUT2D eigenvalue weighted by atomic mass is 16.1. The van der Waals surface area contributed by atoms with Crippen molar-refractivity contribution in [3.8, 4) is 0 Å². The van der Waals surface area contributed by atoms with Crippen molar-refractivity contribution in [3.05, 3.63) is 0 Å². The first-order chi connectivity index (χ1) is 6.44. The van der Waals surface area contributed by atoms with Crippen molar-refractivity contribution in [2.75, 3.05) is 0 Å². The standard InChI is InChI=1S/C12H25NO/c1-5-7-10(8-6-2)9-12(3,4)11(13)14/h10H,5-9H2,1-4H3,(H2,13,14). The van der Waals surface area contributed by atoms with Crippen LogP contribution in [-0.4, -0.2) is 5.91 Å². The van der Waals surface area contributed by atoms with Gasteiger partial charge < -0.3 is 5.73 Å². The Bertz CT molecular complexity index is 169. The van der Waals surface area contributed by atoms with Crippen LogP contribution in [0.4, 0.5) is 0 Å². The van der Waals surface area contributed by atoms with Crippen molar-refractivity contribution < 1.29 is 4.79 Å². The predicted molar refractivity (Wildman–Crippen MR) is 60.9 cm³/mol. The molecule has 0 rings (SSSR count). The van der Waals surface area contributed by atoms with E-state index in [0.717, 1.165) is 6.42 Å². The summed E-state index contributed by atoms with van der Waals surface area (Å²) >= 11 is 0. The van der Waals surface area contributed by atoms with Gasteiger partial charge in [0.1, 0.15) is 0 Å². The molecule has 2 heteroatoms. The van der Waals surface area contributed by atoms with E-state index in [-0.39, 0.29) is 11.3 Å². The molecule has 0 aliphatic heterocycles. The molecule has 0 spiro atoms. The summed E-state index contributed by atoms with van der Waals surface area (Å²) in [6.45, 7) is 8.29. The van der Waals surface area contributed by atoms with Gasteiger partial charge in [0.2, 0.25) is 5.91 Å². The van der Waals surface area contributed by atoms with Crippen molar-refractivity contribution in [1.29, 1.82) is 0 Å². The average molecular weight is 199 g/mol. The third kappa shape index (κ3) is 4.64. The van der Waals surface area contributed by atoms with Crippen LogP contribution in [0.2, 0.25) is 0 Å². The monoisotopic (exact) mass is 199 g/mol.